The highest BCUT2D eigenvalue weighted by atomic mass is 19.4. The topological polar surface area (TPSA) is 63.9 Å². The van der Waals surface area contributed by atoms with E-state index in [1.807, 2.05) is 20.8 Å². The molecule has 3 heterocycles. The van der Waals surface area contributed by atoms with Crippen molar-refractivity contribution in [2.45, 2.75) is 58.7 Å². The van der Waals surface area contributed by atoms with E-state index in [9.17, 15) is 18.0 Å². The lowest BCUT2D eigenvalue weighted by Gasteiger charge is -2.22. The summed E-state index contributed by atoms with van der Waals surface area (Å²) in [5.41, 5.74) is 0.210. The summed E-state index contributed by atoms with van der Waals surface area (Å²) in [6.07, 6.45) is -1.49. The predicted octanol–water partition coefficient (Wildman–Crippen LogP) is 5.00. The zero-order chi connectivity index (χ0) is 24.0. The molecule has 1 saturated heterocycles. The number of aromatic nitrogens is 4. The minimum Gasteiger partial charge on any atom is -0.354 e. The molecule has 176 valence electrons. The molecule has 1 aliphatic heterocycles. The Hall–Kier alpha value is -2.97. The van der Waals surface area contributed by atoms with E-state index in [4.69, 9.17) is 9.97 Å². The molecular weight excluding hydrogens is 431 g/mol. The fourth-order valence-corrected chi connectivity index (χ4v) is 4.32. The minimum absolute atomic E-state index is 0.000812. The van der Waals surface area contributed by atoms with E-state index >= 15 is 0 Å². The zero-order valence-electron chi connectivity index (χ0n) is 19.3. The fourth-order valence-electron chi connectivity index (χ4n) is 4.32. The van der Waals surface area contributed by atoms with Gasteiger partial charge < -0.3 is 14.3 Å². The van der Waals surface area contributed by atoms with Crippen molar-refractivity contribution in [1.82, 2.24) is 19.5 Å². The molecule has 0 amide bonds. The van der Waals surface area contributed by atoms with Gasteiger partial charge in [0.15, 0.2) is 17.0 Å². The molecule has 0 unspecified atom stereocenters. The second-order valence-electron chi connectivity index (χ2n) is 9.83. The first-order valence-corrected chi connectivity index (χ1v) is 11.1. The number of Topliss-reactive ketones (excluding diaryl/α,β-unsaturated/α-hetero) is 1. The number of ketones is 1. The average molecular weight is 460 g/mol. The van der Waals surface area contributed by atoms with E-state index in [-0.39, 0.29) is 29.2 Å². The lowest BCUT2D eigenvalue weighted by atomic mass is 9.96. The molecular formula is C24H28F3N5O. The quantitative estimate of drug-likeness (QED) is 0.538. The molecule has 0 spiro atoms. The highest BCUT2D eigenvalue weighted by Gasteiger charge is 2.33. The van der Waals surface area contributed by atoms with Gasteiger partial charge in [-0.15, -0.1) is 0 Å². The van der Waals surface area contributed by atoms with Crippen LogP contribution in [0, 0.1) is 5.92 Å². The van der Waals surface area contributed by atoms with E-state index in [0.29, 0.717) is 35.8 Å². The van der Waals surface area contributed by atoms with E-state index in [2.05, 4.69) is 9.88 Å². The maximum Gasteiger partial charge on any atom is 0.416 e. The number of hydrogen-bond acceptors (Lipinski definition) is 5. The highest BCUT2D eigenvalue weighted by Crippen LogP contribution is 2.34. The normalized spacial score (nSPS) is 17.2. The molecule has 0 N–H and O–H groups in total. The van der Waals surface area contributed by atoms with Crippen LogP contribution >= 0.6 is 0 Å². The van der Waals surface area contributed by atoms with Crippen LogP contribution < -0.4 is 4.90 Å². The molecule has 1 atom stereocenters. The Morgan fingerprint density at radius 1 is 1.15 bits per heavy atom. The molecule has 3 aromatic rings. The van der Waals surface area contributed by atoms with E-state index in [1.165, 1.54) is 18.5 Å². The van der Waals surface area contributed by atoms with Crippen molar-refractivity contribution < 1.29 is 18.0 Å². The summed E-state index contributed by atoms with van der Waals surface area (Å²) >= 11 is 0. The smallest absolute Gasteiger partial charge is 0.354 e. The van der Waals surface area contributed by atoms with Crippen LogP contribution in [0.25, 0.3) is 11.2 Å². The SMILES string of the molecule is CC(=O)C[C@H]1CCN(c2nc(C(C)(C)C)nc3c2ncn3Cc2ccccc2C(F)(F)F)C1. The Labute approximate surface area is 190 Å². The fraction of sp³-hybridized carbons (Fsp3) is 0.500. The van der Waals surface area contributed by atoms with Gasteiger partial charge in [-0.3, -0.25) is 0 Å². The maximum absolute atomic E-state index is 13.5. The molecule has 0 aliphatic carbocycles. The summed E-state index contributed by atoms with van der Waals surface area (Å²) < 4.78 is 42.2. The molecule has 0 radical (unpaired) electrons. The molecule has 0 bridgehead atoms. The van der Waals surface area contributed by atoms with Gasteiger partial charge in [-0.25, -0.2) is 15.0 Å². The highest BCUT2D eigenvalue weighted by molar-refractivity contribution is 5.84. The minimum atomic E-state index is -4.44. The number of fused-ring (bicyclic) bond motifs is 1. The van der Waals surface area contributed by atoms with Gasteiger partial charge in [0.2, 0.25) is 0 Å². The number of nitrogens with zero attached hydrogens (tertiary/aromatic N) is 5. The van der Waals surface area contributed by atoms with Crippen molar-refractivity contribution in [2.24, 2.45) is 5.92 Å². The molecule has 9 heteroatoms. The molecule has 33 heavy (non-hydrogen) atoms. The first-order valence-electron chi connectivity index (χ1n) is 11.1. The van der Waals surface area contributed by atoms with Crippen LogP contribution in [0.3, 0.4) is 0 Å². The number of imidazole rings is 1. The van der Waals surface area contributed by atoms with Crippen LogP contribution in [0.15, 0.2) is 30.6 Å². The summed E-state index contributed by atoms with van der Waals surface area (Å²) in [6.45, 7) is 9.04. The van der Waals surface area contributed by atoms with Gasteiger partial charge in [0.1, 0.15) is 11.6 Å². The van der Waals surface area contributed by atoms with Crippen LogP contribution in [0.4, 0.5) is 19.0 Å². The third-order valence-corrected chi connectivity index (χ3v) is 5.94. The van der Waals surface area contributed by atoms with Gasteiger partial charge in [-0.2, -0.15) is 13.2 Å². The van der Waals surface area contributed by atoms with Crippen LogP contribution in [0.1, 0.15) is 57.5 Å². The predicted molar refractivity (Wildman–Crippen MR) is 120 cm³/mol. The Bertz CT molecular complexity index is 1180. The van der Waals surface area contributed by atoms with Crippen LogP contribution in [0.5, 0.6) is 0 Å². The van der Waals surface area contributed by atoms with E-state index in [1.54, 1.807) is 17.6 Å². The second kappa shape index (κ2) is 8.43. The lowest BCUT2D eigenvalue weighted by Crippen LogP contribution is -2.25. The zero-order valence-corrected chi connectivity index (χ0v) is 19.3. The maximum atomic E-state index is 13.5. The van der Waals surface area contributed by atoms with Gasteiger partial charge in [0, 0.05) is 24.9 Å². The lowest BCUT2D eigenvalue weighted by molar-refractivity contribution is -0.138. The van der Waals surface area contributed by atoms with Crippen molar-refractivity contribution in [3.63, 3.8) is 0 Å². The number of alkyl halides is 3. The number of halogens is 3. The Kier molecular flexibility index (Phi) is 5.92. The van der Waals surface area contributed by atoms with Gasteiger partial charge in [0.25, 0.3) is 0 Å². The van der Waals surface area contributed by atoms with Crippen LogP contribution in [-0.2, 0) is 22.9 Å². The number of carbonyl (C=O) groups is 1. The molecule has 1 aromatic carbocycles. The Balaban J connectivity index is 1.77. The van der Waals surface area contributed by atoms with Crippen molar-refractivity contribution in [2.75, 3.05) is 18.0 Å². The number of benzene rings is 1. The van der Waals surface area contributed by atoms with Crippen LogP contribution in [-0.4, -0.2) is 38.4 Å². The second-order valence-corrected chi connectivity index (χ2v) is 9.83. The van der Waals surface area contributed by atoms with Gasteiger partial charge in [-0.1, -0.05) is 39.0 Å². The third-order valence-electron chi connectivity index (χ3n) is 5.94. The van der Waals surface area contributed by atoms with E-state index in [0.717, 1.165) is 19.0 Å². The largest absolute Gasteiger partial charge is 0.416 e. The molecule has 1 aliphatic rings. The van der Waals surface area contributed by atoms with Gasteiger partial charge in [0.05, 0.1) is 18.4 Å². The molecule has 4 rings (SSSR count). The number of hydrogen-bond donors (Lipinski definition) is 0. The number of rotatable bonds is 5. The summed E-state index contributed by atoms with van der Waals surface area (Å²) in [4.78, 5) is 27.7. The van der Waals surface area contributed by atoms with Crippen LogP contribution in [0.2, 0.25) is 0 Å². The summed E-state index contributed by atoms with van der Waals surface area (Å²) in [7, 11) is 0. The van der Waals surface area contributed by atoms with Crippen molar-refractivity contribution >= 4 is 22.8 Å². The van der Waals surface area contributed by atoms with Gasteiger partial charge >= 0.3 is 6.18 Å². The average Bonchev–Trinajstić information content (AvgIpc) is 3.33. The van der Waals surface area contributed by atoms with Crippen molar-refractivity contribution in [1.29, 1.82) is 0 Å². The Morgan fingerprint density at radius 3 is 2.55 bits per heavy atom. The summed E-state index contributed by atoms with van der Waals surface area (Å²) in [5.74, 6) is 1.70. The Morgan fingerprint density at radius 2 is 1.88 bits per heavy atom. The molecule has 6 nitrogen and oxygen atoms in total. The van der Waals surface area contributed by atoms with E-state index < -0.39 is 11.7 Å². The monoisotopic (exact) mass is 459 g/mol. The first-order chi connectivity index (χ1) is 15.4. The van der Waals surface area contributed by atoms with Crippen molar-refractivity contribution in [3.8, 4) is 0 Å². The van der Waals surface area contributed by atoms with Crippen molar-refractivity contribution in [3.05, 3.63) is 47.5 Å². The molecule has 0 saturated carbocycles. The standard InChI is InChI=1S/C24H28F3N5O/c1-15(33)11-16-9-10-31(12-16)20-19-21(30-22(29-20)23(2,3)4)32(14-28-19)13-17-7-5-6-8-18(17)24(25,26)27/h5-8,14,16H,9-13H2,1-4H3/t16-/m1/s1. The summed E-state index contributed by atoms with van der Waals surface area (Å²) in [5, 5.41) is 0. The molecule has 1 fully saturated rings. The molecule has 2 aromatic heterocycles. The first kappa shape index (κ1) is 23.2. The number of carbonyl (C=O) groups excluding carboxylic acids is 1. The summed E-state index contributed by atoms with van der Waals surface area (Å²) in [6, 6.07) is 5.56. The third kappa shape index (κ3) is 4.86. The number of anilines is 1. The van der Waals surface area contributed by atoms with Gasteiger partial charge in [-0.05, 0) is 30.9 Å².